The molecule has 0 radical (unpaired) electrons. The van der Waals surface area contributed by atoms with Crippen molar-refractivity contribution in [2.45, 2.75) is 25.8 Å². The molecule has 1 aromatic carbocycles. The Morgan fingerprint density at radius 2 is 2.33 bits per heavy atom. The molecular formula is C16H21ClN6O. The van der Waals surface area contributed by atoms with Crippen molar-refractivity contribution in [3.8, 4) is 0 Å². The maximum atomic E-state index is 11.9. The van der Waals surface area contributed by atoms with Crippen molar-refractivity contribution >= 4 is 23.2 Å². The van der Waals surface area contributed by atoms with E-state index in [-0.39, 0.29) is 5.91 Å². The lowest BCUT2D eigenvalue weighted by atomic mass is 10.1. The number of amides is 1. The number of aryl methyl sites for hydroxylation is 1. The maximum absolute atomic E-state index is 11.9. The van der Waals surface area contributed by atoms with Gasteiger partial charge < -0.3 is 10.2 Å². The number of aromatic nitrogens is 4. The lowest BCUT2D eigenvalue weighted by Gasteiger charge is -2.19. The van der Waals surface area contributed by atoms with Crippen molar-refractivity contribution in [3.63, 3.8) is 0 Å². The molecule has 0 saturated carbocycles. The topological polar surface area (TPSA) is 75.9 Å². The number of anilines is 1. The summed E-state index contributed by atoms with van der Waals surface area (Å²) in [6.45, 7) is 3.33. The van der Waals surface area contributed by atoms with Crippen LogP contribution < -0.4 is 10.2 Å². The predicted octanol–water partition coefficient (Wildman–Crippen LogP) is 1.75. The highest BCUT2D eigenvalue weighted by molar-refractivity contribution is 6.30. The van der Waals surface area contributed by atoms with E-state index >= 15 is 0 Å². The number of rotatable bonds is 7. The molecule has 1 aliphatic heterocycles. The lowest BCUT2D eigenvalue weighted by molar-refractivity contribution is -0.121. The summed E-state index contributed by atoms with van der Waals surface area (Å²) in [6, 6.07) is 7.92. The molecule has 3 rings (SSSR count). The first-order chi connectivity index (χ1) is 11.7. The van der Waals surface area contributed by atoms with Crippen LogP contribution in [0.5, 0.6) is 0 Å². The number of tetrazole rings is 1. The van der Waals surface area contributed by atoms with Gasteiger partial charge in [0.1, 0.15) is 6.33 Å². The first-order valence-corrected chi connectivity index (χ1v) is 8.56. The zero-order chi connectivity index (χ0) is 16.8. The number of hydrogen-bond donors (Lipinski definition) is 1. The van der Waals surface area contributed by atoms with Crippen LogP contribution in [0.15, 0.2) is 30.6 Å². The first kappa shape index (κ1) is 16.7. The monoisotopic (exact) mass is 348 g/mol. The van der Waals surface area contributed by atoms with Crippen molar-refractivity contribution in [1.29, 1.82) is 0 Å². The Hall–Kier alpha value is -2.15. The van der Waals surface area contributed by atoms with Gasteiger partial charge in [-0.25, -0.2) is 4.68 Å². The van der Waals surface area contributed by atoms with E-state index in [1.807, 2.05) is 18.2 Å². The predicted molar refractivity (Wildman–Crippen MR) is 91.8 cm³/mol. The molecule has 2 heterocycles. The van der Waals surface area contributed by atoms with Crippen LogP contribution in [-0.4, -0.2) is 45.7 Å². The average Bonchev–Trinajstić information content (AvgIpc) is 3.25. The highest BCUT2D eigenvalue weighted by Crippen LogP contribution is 2.25. The van der Waals surface area contributed by atoms with Crippen LogP contribution in [0, 0.1) is 5.92 Å². The Balaban J connectivity index is 1.36. The summed E-state index contributed by atoms with van der Waals surface area (Å²) in [5.74, 6) is 0.566. The lowest BCUT2D eigenvalue weighted by Crippen LogP contribution is -2.31. The molecule has 1 saturated heterocycles. The maximum Gasteiger partial charge on any atom is 0.220 e. The number of hydrogen-bond acceptors (Lipinski definition) is 5. The van der Waals surface area contributed by atoms with Gasteiger partial charge in [0.2, 0.25) is 5.91 Å². The van der Waals surface area contributed by atoms with Crippen LogP contribution in [0.2, 0.25) is 5.02 Å². The van der Waals surface area contributed by atoms with Crippen molar-refractivity contribution in [2.24, 2.45) is 5.92 Å². The highest BCUT2D eigenvalue weighted by Gasteiger charge is 2.23. The number of halogens is 1. The third-order valence-corrected chi connectivity index (χ3v) is 4.46. The molecule has 0 bridgehead atoms. The molecule has 0 unspecified atom stereocenters. The molecule has 1 fully saturated rings. The summed E-state index contributed by atoms with van der Waals surface area (Å²) < 4.78 is 1.63. The largest absolute Gasteiger partial charge is 0.371 e. The molecule has 24 heavy (non-hydrogen) atoms. The number of nitrogens with one attached hydrogen (secondary N) is 1. The molecule has 7 nitrogen and oxygen atoms in total. The zero-order valence-electron chi connectivity index (χ0n) is 13.4. The molecule has 1 amide bonds. The van der Waals surface area contributed by atoms with E-state index in [1.54, 1.807) is 11.0 Å². The molecule has 1 aromatic heterocycles. The zero-order valence-corrected chi connectivity index (χ0v) is 14.2. The van der Waals surface area contributed by atoms with Crippen LogP contribution in [-0.2, 0) is 11.3 Å². The van der Waals surface area contributed by atoms with Crippen LogP contribution in [0.3, 0.4) is 0 Å². The minimum absolute atomic E-state index is 0.0873. The van der Waals surface area contributed by atoms with Gasteiger partial charge in [-0.1, -0.05) is 17.7 Å². The van der Waals surface area contributed by atoms with E-state index in [4.69, 9.17) is 11.6 Å². The average molecular weight is 349 g/mol. The molecule has 1 N–H and O–H groups in total. The second kappa shape index (κ2) is 8.10. The summed E-state index contributed by atoms with van der Waals surface area (Å²) in [5.41, 5.74) is 1.15. The Labute approximate surface area is 146 Å². The van der Waals surface area contributed by atoms with Gasteiger partial charge in [0.05, 0.1) is 0 Å². The van der Waals surface area contributed by atoms with Crippen LogP contribution in [0.4, 0.5) is 5.69 Å². The van der Waals surface area contributed by atoms with E-state index < -0.39 is 0 Å². The van der Waals surface area contributed by atoms with Gasteiger partial charge in [-0.15, -0.1) is 5.10 Å². The SMILES string of the molecule is O=C(CCCn1cnnn1)NC[C@@H]1CCN(c2cccc(Cl)c2)C1. The smallest absolute Gasteiger partial charge is 0.220 e. The number of nitrogens with zero attached hydrogens (tertiary/aromatic N) is 5. The number of carbonyl (C=O) groups is 1. The van der Waals surface area contributed by atoms with Gasteiger partial charge in [0.15, 0.2) is 0 Å². The van der Waals surface area contributed by atoms with Gasteiger partial charge in [-0.3, -0.25) is 4.79 Å². The van der Waals surface area contributed by atoms with E-state index in [1.165, 1.54) is 0 Å². The molecule has 1 aliphatic rings. The molecule has 0 spiro atoms. The molecule has 8 heteroatoms. The van der Waals surface area contributed by atoms with Crippen LogP contribution in [0.25, 0.3) is 0 Å². The minimum atomic E-state index is 0.0873. The van der Waals surface area contributed by atoms with Crippen molar-refractivity contribution in [1.82, 2.24) is 25.5 Å². The van der Waals surface area contributed by atoms with Gasteiger partial charge in [0.25, 0.3) is 0 Å². The van der Waals surface area contributed by atoms with Crippen molar-refractivity contribution in [3.05, 3.63) is 35.6 Å². The van der Waals surface area contributed by atoms with Crippen molar-refractivity contribution in [2.75, 3.05) is 24.5 Å². The van der Waals surface area contributed by atoms with Crippen molar-refractivity contribution < 1.29 is 4.79 Å². The molecule has 0 aliphatic carbocycles. The van der Waals surface area contributed by atoms with Gasteiger partial charge in [-0.2, -0.15) is 0 Å². The number of benzene rings is 1. The molecule has 1 atom stereocenters. The van der Waals surface area contributed by atoms with Crippen LogP contribution >= 0.6 is 11.6 Å². The molecule has 128 valence electrons. The third-order valence-electron chi connectivity index (χ3n) is 4.23. The fraction of sp³-hybridized carbons (Fsp3) is 0.500. The number of carbonyl (C=O) groups excluding carboxylic acids is 1. The summed E-state index contributed by atoms with van der Waals surface area (Å²) in [5, 5.41) is 14.7. The fourth-order valence-corrected chi connectivity index (χ4v) is 3.12. The second-order valence-electron chi connectivity index (χ2n) is 6.06. The van der Waals surface area contributed by atoms with Crippen LogP contribution in [0.1, 0.15) is 19.3 Å². The summed E-state index contributed by atoms with van der Waals surface area (Å²) in [4.78, 5) is 14.2. The second-order valence-corrected chi connectivity index (χ2v) is 6.50. The van der Waals surface area contributed by atoms with E-state index in [2.05, 4.69) is 31.8 Å². The van der Waals surface area contributed by atoms with Gasteiger partial charge >= 0.3 is 0 Å². The summed E-state index contributed by atoms with van der Waals surface area (Å²) >= 11 is 6.05. The van der Waals surface area contributed by atoms with Gasteiger partial charge in [0, 0.05) is 43.3 Å². The van der Waals surface area contributed by atoms with E-state index in [0.29, 0.717) is 18.9 Å². The Morgan fingerprint density at radius 1 is 1.42 bits per heavy atom. The normalized spacial score (nSPS) is 17.2. The highest BCUT2D eigenvalue weighted by atomic mass is 35.5. The Kier molecular flexibility index (Phi) is 5.63. The summed E-state index contributed by atoms with van der Waals surface area (Å²) in [7, 11) is 0. The molecular weight excluding hydrogens is 328 g/mol. The fourth-order valence-electron chi connectivity index (χ4n) is 2.94. The van der Waals surface area contributed by atoms with E-state index in [9.17, 15) is 4.79 Å². The standard InChI is InChI=1S/C16H21ClN6O/c17-14-3-1-4-15(9-14)22-8-6-13(11-22)10-18-16(24)5-2-7-23-12-19-20-21-23/h1,3-4,9,12-13H,2,5-8,10-11H2,(H,18,24)/t13-/m0/s1. The summed E-state index contributed by atoms with van der Waals surface area (Å²) in [6.07, 6.45) is 3.86. The van der Waals surface area contributed by atoms with Gasteiger partial charge in [-0.05, 0) is 47.4 Å². The minimum Gasteiger partial charge on any atom is -0.371 e. The third kappa shape index (κ3) is 4.67. The Morgan fingerprint density at radius 3 is 3.12 bits per heavy atom. The molecule has 2 aromatic rings. The quantitative estimate of drug-likeness (QED) is 0.825. The van der Waals surface area contributed by atoms with E-state index in [0.717, 1.165) is 43.2 Å². The Bertz CT molecular complexity index is 662. The first-order valence-electron chi connectivity index (χ1n) is 8.19.